The molecular formula is C13H13F2NO5. The maximum absolute atomic E-state index is 13.5. The number of amides is 1. The van der Waals surface area contributed by atoms with Crippen molar-refractivity contribution in [1.29, 1.82) is 0 Å². The molecule has 0 bridgehead atoms. The summed E-state index contributed by atoms with van der Waals surface area (Å²) in [6, 6.07) is 1.16. The Morgan fingerprint density at radius 2 is 1.76 bits per heavy atom. The molecule has 114 valence electrons. The highest BCUT2D eigenvalue weighted by molar-refractivity contribution is 6.40. The number of carbonyl (C=O) groups excluding carboxylic acids is 2. The summed E-state index contributed by atoms with van der Waals surface area (Å²) in [6.45, 7) is 4.69. The highest BCUT2D eigenvalue weighted by Crippen LogP contribution is 2.21. The number of aliphatic carboxylic acids is 1. The van der Waals surface area contributed by atoms with E-state index in [0.717, 1.165) is 6.07 Å². The SMILES string of the molecule is CC(C)(C)OC(=O)Nc1cc(C(=O)C(=O)O)cc(F)c1F. The third-order valence-corrected chi connectivity index (χ3v) is 2.12. The van der Waals surface area contributed by atoms with E-state index in [1.807, 2.05) is 5.32 Å². The fraction of sp³-hybridized carbons (Fsp3) is 0.308. The quantitative estimate of drug-likeness (QED) is 0.661. The Bertz CT molecular complexity index is 607. The lowest BCUT2D eigenvalue weighted by Crippen LogP contribution is -2.27. The Morgan fingerprint density at radius 1 is 1.19 bits per heavy atom. The third kappa shape index (κ3) is 4.51. The topological polar surface area (TPSA) is 92.7 Å². The lowest BCUT2D eigenvalue weighted by atomic mass is 10.1. The van der Waals surface area contributed by atoms with Crippen molar-refractivity contribution < 1.29 is 33.0 Å². The largest absolute Gasteiger partial charge is 0.475 e. The van der Waals surface area contributed by atoms with Crippen LogP contribution in [0.5, 0.6) is 0 Å². The predicted octanol–water partition coefficient (Wildman–Crippen LogP) is 2.58. The van der Waals surface area contributed by atoms with Gasteiger partial charge in [0.25, 0.3) is 5.78 Å². The van der Waals surface area contributed by atoms with Crippen LogP contribution in [-0.2, 0) is 9.53 Å². The second-order valence-corrected chi connectivity index (χ2v) is 5.08. The van der Waals surface area contributed by atoms with E-state index in [9.17, 15) is 23.2 Å². The first-order valence-corrected chi connectivity index (χ1v) is 5.78. The number of ketones is 1. The van der Waals surface area contributed by atoms with Crippen LogP contribution in [-0.4, -0.2) is 28.6 Å². The van der Waals surface area contributed by atoms with E-state index >= 15 is 0 Å². The normalized spacial score (nSPS) is 10.9. The zero-order valence-electron chi connectivity index (χ0n) is 11.5. The van der Waals surface area contributed by atoms with Crippen LogP contribution in [0.2, 0.25) is 0 Å². The van der Waals surface area contributed by atoms with Gasteiger partial charge >= 0.3 is 12.1 Å². The number of carboxylic acids is 1. The Morgan fingerprint density at radius 3 is 2.24 bits per heavy atom. The molecule has 2 N–H and O–H groups in total. The summed E-state index contributed by atoms with van der Waals surface area (Å²) < 4.78 is 31.7. The predicted molar refractivity (Wildman–Crippen MR) is 68.2 cm³/mol. The monoisotopic (exact) mass is 301 g/mol. The smallest absolute Gasteiger partial charge is 0.412 e. The fourth-order valence-corrected chi connectivity index (χ4v) is 1.35. The van der Waals surface area contributed by atoms with Gasteiger partial charge in [-0.1, -0.05) is 0 Å². The minimum absolute atomic E-state index is 0.437. The number of rotatable bonds is 3. The number of Topliss-reactive ketones (excluding diaryl/α,β-unsaturated/α-hetero) is 1. The van der Waals surface area contributed by atoms with Crippen LogP contribution in [0.3, 0.4) is 0 Å². The van der Waals surface area contributed by atoms with Gasteiger partial charge in [-0.2, -0.15) is 0 Å². The fourth-order valence-electron chi connectivity index (χ4n) is 1.35. The molecule has 0 aliphatic rings. The van der Waals surface area contributed by atoms with Crippen LogP contribution < -0.4 is 5.32 Å². The van der Waals surface area contributed by atoms with Crippen LogP contribution in [0, 0.1) is 11.6 Å². The van der Waals surface area contributed by atoms with Gasteiger partial charge in [0.15, 0.2) is 11.6 Å². The molecule has 1 aromatic carbocycles. The molecule has 0 fully saturated rings. The van der Waals surface area contributed by atoms with Gasteiger partial charge in [-0.3, -0.25) is 10.1 Å². The average molecular weight is 301 g/mol. The molecule has 1 aromatic rings. The number of carbonyl (C=O) groups is 3. The third-order valence-electron chi connectivity index (χ3n) is 2.12. The highest BCUT2D eigenvalue weighted by atomic mass is 19.2. The molecule has 0 saturated heterocycles. The number of hydrogen-bond acceptors (Lipinski definition) is 4. The van der Waals surface area contributed by atoms with Crippen molar-refractivity contribution in [1.82, 2.24) is 0 Å². The summed E-state index contributed by atoms with van der Waals surface area (Å²) in [5, 5.41) is 10.5. The van der Waals surface area contributed by atoms with E-state index in [2.05, 4.69) is 0 Å². The number of nitrogens with one attached hydrogen (secondary N) is 1. The molecule has 0 aromatic heterocycles. The lowest BCUT2D eigenvalue weighted by Gasteiger charge is -2.20. The summed E-state index contributed by atoms with van der Waals surface area (Å²) in [5.74, 6) is -6.15. The number of carboxylic acid groups (broad SMARTS) is 1. The van der Waals surface area contributed by atoms with E-state index in [1.165, 1.54) is 0 Å². The van der Waals surface area contributed by atoms with Crippen molar-refractivity contribution in [2.24, 2.45) is 0 Å². The van der Waals surface area contributed by atoms with Crippen molar-refractivity contribution >= 4 is 23.5 Å². The Labute approximate surface area is 118 Å². The van der Waals surface area contributed by atoms with Crippen LogP contribution >= 0.6 is 0 Å². The van der Waals surface area contributed by atoms with Crippen molar-refractivity contribution in [2.75, 3.05) is 5.32 Å². The van der Waals surface area contributed by atoms with E-state index in [1.54, 1.807) is 20.8 Å². The standard InChI is InChI=1S/C13H13F2NO5/c1-13(2,3)21-12(20)16-8-5-6(10(17)11(18)19)4-7(14)9(8)15/h4-5H,1-3H3,(H,16,20)(H,18,19). The Kier molecular flexibility index (Phi) is 4.62. The first-order chi connectivity index (χ1) is 9.51. The van der Waals surface area contributed by atoms with Gasteiger partial charge in [0, 0.05) is 5.56 Å². The van der Waals surface area contributed by atoms with Gasteiger partial charge in [0.2, 0.25) is 0 Å². The summed E-state index contributed by atoms with van der Waals surface area (Å²) in [7, 11) is 0. The molecule has 1 rings (SSSR count). The maximum atomic E-state index is 13.5. The van der Waals surface area contributed by atoms with Gasteiger partial charge in [0.1, 0.15) is 5.60 Å². The summed E-state index contributed by atoms with van der Waals surface area (Å²) in [5.41, 5.74) is -2.16. The van der Waals surface area contributed by atoms with Crippen LogP contribution in [0.1, 0.15) is 31.1 Å². The minimum atomic E-state index is -1.83. The molecule has 0 spiro atoms. The van der Waals surface area contributed by atoms with Crippen LogP contribution in [0.15, 0.2) is 12.1 Å². The summed E-state index contributed by atoms with van der Waals surface area (Å²) in [6.07, 6.45) is -1.07. The number of hydrogen-bond donors (Lipinski definition) is 2. The molecule has 21 heavy (non-hydrogen) atoms. The second kappa shape index (κ2) is 5.86. The van der Waals surface area contributed by atoms with Gasteiger partial charge in [0.05, 0.1) is 5.69 Å². The molecule has 0 radical (unpaired) electrons. The average Bonchev–Trinajstić information content (AvgIpc) is 2.31. The number of halogens is 2. The van der Waals surface area contributed by atoms with Crippen molar-refractivity contribution in [3.63, 3.8) is 0 Å². The Balaban J connectivity index is 3.10. The second-order valence-electron chi connectivity index (χ2n) is 5.08. The molecule has 6 nitrogen and oxygen atoms in total. The number of ether oxygens (including phenoxy) is 1. The van der Waals surface area contributed by atoms with E-state index in [4.69, 9.17) is 9.84 Å². The van der Waals surface area contributed by atoms with Gasteiger partial charge < -0.3 is 9.84 Å². The molecule has 0 saturated carbocycles. The van der Waals surface area contributed by atoms with Gasteiger partial charge in [-0.25, -0.2) is 18.4 Å². The lowest BCUT2D eigenvalue weighted by molar-refractivity contribution is -0.131. The van der Waals surface area contributed by atoms with Crippen molar-refractivity contribution in [3.05, 3.63) is 29.3 Å². The highest BCUT2D eigenvalue weighted by Gasteiger charge is 2.22. The van der Waals surface area contributed by atoms with E-state index in [-0.39, 0.29) is 0 Å². The maximum Gasteiger partial charge on any atom is 0.412 e. The molecule has 8 heteroatoms. The molecule has 0 unspecified atom stereocenters. The summed E-state index contributed by atoms with van der Waals surface area (Å²) >= 11 is 0. The van der Waals surface area contributed by atoms with E-state index in [0.29, 0.717) is 6.07 Å². The van der Waals surface area contributed by atoms with Gasteiger partial charge in [-0.15, -0.1) is 0 Å². The Hall–Kier alpha value is -2.51. The first kappa shape index (κ1) is 16.5. The molecule has 0 heterocycles. The molecule has 1 amide bonds. The first-order valence-electron chi connectivity index (χ1n) is 5.78. The van der Waals surface area contributed by atoms with Gasteiger partial charge in [-0.05, 0) is 32.9 Å². The van der Waals surface area contributed by atoms with Crippen LogP contribution in [0.25, 0.3) is 0 Å². The number of benzene rings is 1. The van der Waals surface area contributed by atoms with E-state index < -0.39 is 46.3 Å². The summed E-state index contributed by atoms with van der Waals surface area (Å²) in [4.78, 5) is 33.3. The van der Waals surface area contributed by atoms with Crippen molar-refractivity contribution in [2.45, 2.75) is 26.4 Å². The van der Waals surface area contributed by atoms with Crippen molar-refractivity contribution in [3.8, 4) is 0 Å². The molecule has 0 atom stereocenters. The molecule has 0 aliphatic heterocycles. The molecule has 0 aliphatic carbocycles. The molecular weight excluding hydrogens is 288 g/mol. The number of anilines is 1. The van der Waals surface area contributed by atoms with Crippen LogP contribution in [0.4, 0.5) is 19.3 Å². The zero-order chi connectivity index (χ0) is 16.4. The minimum Gasteiger partial charge on any atom is -0.475 e. The zero-order valence-corrected chi connectivity index (χ0v) is 11.5.